The summed E-state index contributed by atoms with van der Waals surface area (Å²) in [6, 6.07) is -0.630. The normalized spacial score (nSPS) is 13.0. The number of aliphatic hydroxyl groups is 2. The van der Waals surface area contributed by atoms with E-state index in [1.165, 1.54) is 257 Å². The van der Waals surface area contributed by atoms with Crippen molar-refractivity contribution < 1.29 is 24.5 Å². The number of aliphatic hydroxyl groups excluding tert-OH is 2. The lowest BCUT2D eigenvalue weighted by molar-refractivity contribution is -0.143. The average Bonchev–Trinajstić information content (AvgIpc) is 3.41. The Labute approximate surface area is 467 Å². The lowest BCUT2D eigenvalue weighted by Gasteiger charge is -2.20. The van der Waals surface area contributed by atoms with Gasteiger partial charge in [0.1, 0.15) is 0 Å². The second-order valence-corrected chi connectivity index (χ2v) is 22.4. The number of amides is 1. The first-order valence-electron chi connectivity index (χ1n) is 33.1. The van der Waals surface area contributed by atoms with Crippen LogP contribution < -0.4 is 5.32 Å². The number of hydrogen-bond donors (Lipinski definition) is 3. The van der Waals surface area contributed by atoms with Crippen LogP contribution in [0.25, 0.3) is 0 Å². The second kappa shape index (κ2) is 64.1. The fraction of sp³-hybridized carbons (Fsp3) is 0.826. The van der Waals surface area contributed by atoms with Crippen molar-refractivity contribution >= 4 is 11.9 Å². The Morgan fingerprint density at radius 3 is 1.04 bits per heavy atom. The first kappa shape index (κ1) is 72.6. The van der Waals surface area contributed by atoms with Crippen molar-refractivity contribution in [3.8, 4) is 0 Å². The number of ether oxygens (including phenoxy) is 1. The highest BCUT2D eigenvalue weighted by atomic mass is 16.5. The molecule has 0 saturated heterocycles. The molecule has 0 aromatic heterocycles. The highest BCUT2D eigenvalue weighted by Crippen LogP contribution is 2.17. The quantitative estimate of drug-likeness (QED) is 0.0320. The Kier molecular flexibility index (Phi) is 62.0. The van der Waals surface area contributed by atoms with Crippen LogP contribution in [0.4, 0.5) is 0 Å². The van der Waals surface area contributed by atoms with E-state index in [4.69, 9.17) is 4.74 Å². The van der Waals surface area contributed by atoms with Gasteiger partial charge in [0, 0.05) is 12.8 Å². The van der Waals surface area contributed by atoms with Crippen molar-refractivity contribution in [2.45, 2.75) is 353 Å². The van der Waals surface area contributed by atoms with Crippen molar-refractivity contribution in [2.75, 3.05) is 13.2 Å². The Bertz CT molecular complexity index is 1300. The van der Waals surface area contributed by atoms with E-state index in [0.29, 0.717) is 19.4 Å². The summed E-state index contributed by atoms with van der Waals surface area (Å²) in [6.45, 7) is 4.87. The maximum atomic E-state index is 12.4. The molecule has 0 heterocycles. The molecule has 3 N–H and O–H groups in total. The lowest BCUT2D eigenvalue weighted by Crippen LogP contribution is -2.45. The molecule has 6 nitrogen and oxygen atoms in total. The molecule has 0 bridgehead atoms. The predicted octanol–water partition coefficient (Wildman–Crippen LogP) is 21.1. The van der Waals surface area contributed by atoms with Gasteiger partial charge in [-0.3, -0.25) is 9.59 Å². The smallest absolute Gasteiger partial charge is 0.305 e. The number of carbonyl (C=O) groups excluding carboxylic acids is 2. The molecule has 6 heteroatoms. The van der Waals surface area contributed by atoms with Gasteiger partial charge in [-0.1, -0.05) is 293 Å². The molecule has 0 saturated carbocycles. The fourth-order valence-electron chi connectivity index (χ4n) is 9.93. The summed E-state index contributed by atoms with van der Waals surface area (Å²) in [4.78, 5) is 24.5. The van der Waals surface area contributed by atoms with E-state index in [1.54, 1.807) is 6.08 Å². The van der Waals surface area contributed by atoms with Crippen molar-refractivity contribution in [1.29, 1.82) is 0 Å². The lowest BCUT2D eigenvalue weighted by atomic mass is 10.0. The van der Waals surface area contributed by atoms with Gasteiger partial charge in [0.15, 0.2) is 0 Å². The van der Waals surface area contributed by atoms with Gasteiger partial charge in [0.2, 0.25) is 5.91 Å². The summed E-state index contributed by atoms with van der Waals surface area (Å²) in [5, 5.41) is 23.1. The summed E-state index contributed by atoms with van der Waals surface area (Å²) in [7, 11) is 0. The molecule has 0 aliphatic carbocycles. The van der Waals surface area contributed by atoms with Crippen LogP contribution in [-0.2, 0) is 14.3 Å². The van der Waals surface area contributed by atoms with Crippen molar-refractivity contribution in [2.24, 2.45) is 0 Å². The summed E-state index contributed by atoms with van der Waals surface area (Å²) in [5.41, 5.74) is 0. The zero-order chi connectivity index (χ0) is 54.3. The first-order valence-corrected chi connectivity index (χ1v) is 33.1. The third kappa shape index (κ3) is 60.6. The zero-order valence-electron chi connectivity index (χ0n) is 50.0. The SMILES string of the molecule is CCCCC/C=C\C/C=C\CCCCCCCCCCCC(=O)OCCCCCCCCCCC/C=C\C/C=C\CCCCCCCCCCCCCC(=O)NC(CO)C(O)/C=C/CCCCCCCCCCCC. The van der Waals surface area contributed by atoms with Gasteiger partial charge >= 0.3 is 5.97 Å². The van der Waals surface area contributed by atoms with Gasteiger partial charge in [-0.05, 0) is 96.3 Å². The van der Waals surface area contributed by atoms with E-state index in [2.05, 4.69) is 67.8 Å². The van der Waals surface area contributed by atoms with Crippen molar-refractivity contribution in [3.63, 3.8) is 0 Å². The average molecular weight is 1050 g/mol. The second-order valence-electron chi connectivity index (χ2n) is 22.4. The van der Waals surface area contributed by atoms with Crippen LogP contribution in [0, 0.1) is 0 Å². The molecule has 0 radical (unpaired) electrons. The fourth-order valence-corrected chi connectivity index (χ4v) is 9.93. The summed E-state index contributed by atoms with van der Waals surface area (Å²) < 4.78 is 5.50. The van der Waals surface area contributed by atoms with Gasteiger partial charge in [-0.15, -0.1) is 0 Å². The number of nitrogens with one attached hydrogen (secondary N) is 1. The molecular formula is C69H127NO5. The van der Waals surface area contributed by atoms with Crippen molar-refractivity contribution in [1.82, 2.24) is 5.32 Å². The molecule has 0 rings (SSSR count). The van der Waals surface area contributed by atoms with Gasteiger partial charge in [-0.25, -0.2) is 0 Å². The largest absolute Gasteiger partial charge is 0.466 e. The van der Waals surface area contributed by atoms with Crippen LogP contribution in [0.2, 0.25) is 0 Å². The van der Waals surface area contributed by atoms with Crippen LogP contribution in [0.5, 0.6) is 0 Å². The third-order valence-electron chi connectivity index (χ3n) is 15.0. The topological polar surface area (TPSA) is 95.9 Å². The number of rotatable bonds is 61. The van der Waals surface area contributed by atoms with E-state index in [-0.39, 0.29) is 18.5 Å². The van der Waals surface area contributed by atoms with Gasteiger partial charge < -0.3 is 20.3 Å². The Morgan fingerprint density at radius 2 is 0.667 bits per heavy atom. The highest BCUT2D eigenvalue weighted by Gasteiger charge is 2.18. The molecule has 2 unspecified atom stereocenters. The van der Waals surface area contributed by atoms with E-state index in [1.807, 2.05) is 6.08 Å². The highest BCUT2D eigenvalue weighted by molar-refractivity contribution is 5.76. The summed E-state index contributed by atoms with van der Waals surface area (Å²) in [6.07, 6.45) is 84.2. The van der Waals surface area contributed by atoms with Crippen LogP contribution in [0.15, 0.2) is 60.8 Å². The minimum absolute atomic E-state index is 0.00606. The molecule has 0 aromatic carbocycles. The number of carbonyl (C=O) groups is 2. The molecule has 0 spiro atoms. The Balaban J connectivity index is 3.42. The van der Waals surface area contributed by atoms with Gasteiger partial charge in [0.25, 0.3) is 0 Å². The minimum Gasteiger partial charge on any atom is -0.466 e. The molecular weight excluding hydrogens is 923 g/mol. The molecule has 0 aromatic rings. The van der Waals surface area contributed by atoms with Gasteiger partial charge in [-0.2, -0.15) is 0 Å². The monoisotopic (exact) mass is 1050 g/mol. The van der Waals surface area contributed by atoms with Crippen LogP contribution in [0.3, 0.4) is 0 Å². The predicted molar refractivity (Wildman–Crippen MR) is 328 cm³/mol. The molecule has 0 fully saturated rings. The standard InChI is InChI=1S/C69H127NO5/c1-3-5-7-9-11-13-15-17-18-19-29-33-36-39-43-47-51-55-59-63-69(74)75-64-60-56-52-48-44-40-37-34-31-28-26-24-22-20-21-23-25-27-30-32-35-38-42-46-50-54-58-62-68(73)70-66(65-71)67(72)61-57-53-49-45-41-16-14-12-10-8-6-4-2/h11,13,17-18,20-21,24,26,57,61,66-67,71-72H,3-10,12,14-16,19,22-23,25,27-56,58-60,62-65H2,1-2H3,(H,70,73)/b13-11-,18-17-,21-20-,26-24-,61-57+. The van der Waals surface area contributed by atoms with Crippen LogP contribution in [-0.4, -0.2) is 47.4 Å². The number of unbranched alkanes of at least 4 members (excludes halogenated alkanes) is 42. The van der Waals surface area contributed by atoms with Gasteiger partial charge in [0.05, 0.1) is 25.4 Å². The first-order chi connectivity index (χ1) is 37.0. The van der Waals surface area contributed by atoms with E-state index < -0.39 is 12.1 Å². The van der Waals surface area contributed by atoms with E-state index in [0.717, 1.165) is 57.8 Å². The summed E-state index contributed by atoms with van der Waals surface area (Å²) in [5.74, 6) is -0.0659. The molecule has 0 aliphatic heterocycles. The Morgan fingerprint density at radius 1 is 0.373 bits per heavy atom. The molecule has 0 aliphatic rings. The van der Waals surface area contributed by atoms with E-state index in [9.17, 15) is 19.8 Å². The number of hydrogen-bond acceptors (Lipinski definition) is 5. The molecule has 1 amide bonds. The van der Waals surface area contributed by atoms with Crippen LogP contribution in [0.1, 0.15) is 341 Å². The molecule has 438 valence electrons. The summed E-state index contributed by atoms with van der Waals surface area (Å²) >= 11 is 0. The minimum atomic E-state index is -0.846. The number of esters is 1. The maximum absolute atomic E-state index is 12.4. The van der Waals surface area contributed by atoms with Crippen molar-refractivity contribution in [3.05, 3.63) is 60.8 Å². The third-order valence-corrected chi connectivity index (χ3v) is 15.0. The van der Waals surface area contributed by atoms with Crippen LogP contribution >= 0.6 is 0 Å². The number of allylic oxidation sites excluding steroid dienone is 9. The molecule has 2 atom stereocenters. The zero-order valence-corrected chi connectivity index (χ0v) is 50.0. The molecule has 75 heavy (non-hydrogen) atoms. The van der Waals surface area contributed by atoms with E-state index >= 15 is 0 Å². The Hall–Kier alpha value is -2.44. The maximum Gasteiger partial charge on any atom is 0.305 e.